The Morgan fingerprint density at radius 1 is 1.09 bits per heavy atom. The number of alkyl halides is 3. The lowest BCUT2D eigenvalue weighted by molar-refractivity contribution is -0.137. The minimum Gasteiger partial charge on any atom is -0.383 e. The van der Waals surface area contributed by atoms with Crippen molar-refractivity contribution in [3.8, 4) is 0 Å². The van der Waals surface area contributed by atoms with E-state index in [-0.39, 0.29) is 12.4 Å². The Kier molecular flexibility index (Phi) is 7.76. The predicted octanol–water partition coefficient (Wildman–Crippen LogP) is 5.67. The average Bonchev–Trinajstić information content (AvgIpc) is 3.43. The maximum Gasteiger partial charge on any atom is 0.416 e. The number of nitrogens with two attached hydrogens (primary N) is 1. The van der Waals surface area contributed by atoms with Crippen molar-refractivity contribution in [3.05, 3.63) is 35.9 Å². The summed E-state index contributed by atoms with van der Waals surface area (Å²) in [5.74, 6) is 0.783. The summed E-state index contributed by atoms with van der Waals surface area (Å²) in [6.07, 6.45) is 0.204. The van der Waals surface area contributed by atoms with Crippen LogP contribution in [0.15, 0.2) is 40.1 Å². The normalized spacial score (nSPS) is 20.4. The Bertz CT molecular complexity index is 1020. The van der Waals surface area contributed by atoms with Gasteiger partial charge in [-0.15, -0.1) is 12.4 Å². The molecule has 1 saturated carbocycles. The van der Waals surface area contributed by atoms with Crippen molar-refractivity contribution < 1.29 is 13.2 Å². The van der Waals surface area contributed by atoms with Crippen molar-refractivity contribution in [3.63, 3.8) is 0 Å². The van der Waals surface area contributed by atoms with Gasteiger partial charge in [0.2, 0.25) is 0 Å². The van der Waals surface area contributed by atoms with E-state index in [1.807, 2.05) is 0 Å². The van der Waals surface area contributed by atoms with E-state index in [9.17, 15) is 13.2 Å². The monoisotopic (exact) mass is 513 g/mol. The maximum absolute atomic E-state index is 13.6. The number of halogens is 4. The zero-order chi connectivity index (χ0) is 23.0. The lowest BCUT2D eigenvalue weighted by Crippen LogP contribution is -2.31. The number of nitrogens with zero attached hydrogens (tertiary/aromatic N) is 1. The van der Waals surface area contributed by atoms with Gasteiger partial charge in [0.25, 0.3) is 0 Å². The molecule has 2 aromatic rings. The molecule has 5 rings (SSSR count). The van der Waals surface area contributed by atoms with Gasteiger partial charge in [0.15, 0.2) is 0 Å². The fraction of sp³-hybridized carbons (Fsp3) is 0.500. The third kappa shape index (κ3) is 5.22. The number of nitrogens with one attached hydrogen (secondary N) is 3. The predicted molar refractivity (Wildman–Crippen MR) is 136 cm³/mol. The first-order chi connectivity index (χ1) is 15.9. The Morgan fingerprint density at radius 3 is 2.65 bits per heavy atom. The van der Waals surface area contributed by atoms with Gasteiger partial charge in [-0.05, 0) is 68.5 Å². The van der Waals surface area contributed by atoms with E-state index in [1.165, 1.54) is 48.8 Å². The molecule has 186 valence electrons. The molecule has 2 unspecified atom stereocenters. The summed E-state index contributed by atoms with van der Waals surface area (Å²) in [4.78, 5) is 4.04. The highest BCUT2D eigenvalue weighted by Crippen LogP contribution is 2.51. The topological polar surface area (TPSA) is 65.3 Å². The van der Waals surface area contributed by atoms with Crippen molar-refractivity contribution in [1.29, 1.82) is 0 Å². The average molecular weight is 514 g/mol. The number of benzene rings is 2. The first kappa shape index (κ1) is 25.3. The maximum atomic E-state index is 13.6. The van der Waals surface area contributed by atoms with Gasteiger partial charge in [0.1, 0.15) is 0 Å². The molecule has 34 heavy (non-hydrogen) atoms. The summed E-state index contributed by atoms with van der Waals surface area (Å²) in [6.45, 7) is 3.72. The fourth-order valence-corrected chi connectivity index (χ4v) is 6.26. The van der Waals surface area contributed by atoms with E-state index in [4.69, 9.17) is 5.73 Å². The Balaban J connectivity index is 0.00000274. The summed E-state index contributed by atoms with van der Waals surface area (Å²) in [5.41, 5.74) is 8.15. The molecule has 3 aliphatic rings. The van der Waals surface area contributed by atoms with Gasteiger partial charge in [0.05, 0.1) is 22.6 Å². The van der Waals surface area contributed by atoms with Crippen LogP contribution in [0.1, 0.15) is 31.2 Å². The van der Waals surface area contributed by atoms with Gasteiger partial charge in [-0.2, -0.15) is 13.2 Å². The largest absolute Gasteiger partial charge is 0.416 e. The van der Waals surface area contributed by atoms with E-state index < -0.39 is 11.7 Å². The number of hydrogen-bond donors (Lipinski definition) is 4. The highest BCUT2D eigenvalue weighted by molar-refractivity contribution is 7.99. The number of fused-ring (bicyclic) bond motifs is 4. The van der Waals surface area contributed by atoms with Gasteiger partial charge in [-0.1, -0.05) is 11.8 Å². The standard InChI is InChI=1S/C24H30F3N5S.ClH/c25-24(26,27)16-11-20(30-8-1-7-29-9-6-28)23-22(12-16)33-21-13-18(4-5-19(21)31-23)32-14-15-2-3-17(32)10-15;/h4-5,11-13,15,17,29-31H,1-3,6-10,14,28H2;1H. The van der Waals surface area contributed by atoms with Crippen LogP contribution in [-0.4, -0.2) is 38.8 Å². The van der Waals surface area contributed by atoms with Crippen LogP contribution in [0.25, 0.3) is 0 Å². The Morgan fingerprint density at radius 2 is 1.94 bits per heavy atom. The van der Waals surface area contributed by atoms with Crippen molar-refractivity contribution in [2.24, 2.45) is 11.7 Å². The van der Waals surface area contributed by atoms with Gasteiger partial charge >= 0.3 is 6.18 Å². The summed E-state index contributed by atoms with van der Waals surface area (Å²) in [5, 5.41) is 9.81. The highest BCUT2D eigenvalue weighted by Gasteiger charge is 2.38. The third-order valence-electron chi connectivity index (χ3n) is 6.78. The first-order valence-electron chi connectivity index (χ1n) is 11.7. The van der Waals surface area contributed by atoms with Crippen LogP contribution in [-0.2, 0) is 6.18 Å². The quantitative estimate of drug-likeness (QED) is 0.291. The molecular formula is C24H31ClF3N5S. The molecule has 1 saturated heterocycles. The van der Waals surface area contributed by atoms with Crippen molar-refractivity contribution in [1.82, 2.24) is 5.32 Å². The molecule has 2 heterocycles. The zero-order valence-electron chi connectivity index (χ0n) is 18.9. The zero-order valence-corrected chi connectivity index (χ0v) is 20.5. The molecule has 0 spiro atoms. The molecule has 2 aliphatic heterocycles. The minimum atomic E-state index is -4.40. The molecule has 2 fully saturated rings. The second kappa shape index (κ2) is 10.4. The minimum absolute atomic E-state index is 0. The van der Waals surface area contributed by atoms with Crippen LogP contribution in [0.5, 0.6) is 0 Å². The molecule has 2 bridgehead atoms. The summed E-state index contributed by atoms with van der Waals surface area (Å²) < 4.78 is 40.9. The van der Waals surface area contributed by atoms with Crippen LogP contribution in [0.4, 0.5) is 35.9 Å². The van der Waals surface area contributed by atoms with Gasteiger partial charge in [0, 0.05) is 47.7 Å². The second-order valence-electron chi connectivity index (χ2n) is 9.11. The van der Waals surface area contributed by atoms with E-state index in [0.29, 0.717) is 35.4 Å². The van der Waals surface area contributed by atoms with E-state index in [1.54, 1.807) is 0 Å². The molecule has 10 heteroatoms. The van der Waals surface area contributed by atoms with E-state index in [0.717, 1.165) is 42.6 Å². The Hall–Kier alpha value is -1.81. The summed E-state index contributed by atoms with van der Waals surface area (Å²) in [6, 6.07) is 9.40. The van der Waals surface area contributed by atoms with Crippen LogP contribution in [0.2, 0.25) is 0 Å². The number of rotatable bonds is 8. The van der Waals surface area contributed by atoms with Crippen molar-refractivity contribution in [2.75, 3.05) is 48.3 Å². The molecule has 5 nitrogen and oxygen atoms in total. The molecular weight excluding hydrogens is 483 g/mol. The summed E-state index contributed by atoms with van der Waals surface area (Å²) in [7, 11) is 0. The van der Waals surface area contributed by atoms with Gasteiger partial charge in [-0.3, -0.25) is 0 Å². The molecule has 5 N–H and O–H groups in total. The SMILES string of the molecule is Cl.NCCNCCCNc1cc(C(F)(F)F)cc2c1Nc1ccc(N3CC4CCC3C4)cc1S2. The molecule has 2 aromatic carbocycles. The summed E-state index contributed by atoms with van der Waals surface area (Å²) >= 11 is 1.41. The molecule has 0 radical (unpaired) electrons. The number of anilines is 4. The van der Waals surface area contributed by atoms with Crippen LogP contribution >= 0.6 is 24.2 Å². The van der Waals surface area contributed by atoms with Gasteiger partial charge in [-0.25, -0.2) is 0 Å². The van der Waals surface area contributed by atoms with Crippen LogP contribution in [0.3, 0.4) is 0 Å². The second-order valence-corrected chi connectivity index (χ2v) is 10.2. The van der Waals surface area contributed by atoms with E-state index >= 15 is 0 Å². The van der Waals surface area contributed by atoms with E-state index in [2.05, 4.69) is 39.0 Å². The molecule has 1 aliphatic carbocycles. The lowest BCUT2D eigenvalue weighted by atomic mass is 10.1. The van der Waals surface area contributed by atoms with Gasteiger partial charge < -0.3 is 26.6 Å². The lowest BCUT2D eigenvalue weighted by Gasteiger charge is -2.31. The number of piperidine rings is 1. The fourth-order valence-electron chi connectivity index (χ4n) is 5.16. The highest BCUT2D eigenvalue weighted by atomic mass is 35.5. The molecule has 0 amide bonds. The Labute approximate surface area is 208 Å². The molecule has 2 atom stereocenters. The van der Waals surface area contributed by atoms with Crippen LogP contribution in [0, 0.1) is 5.92 Å². The van der Waals surface area contributed by atoms with Crippen LogP contribution < -0.4 is 26.6 Å². The van der Waals surface area contributed by atoms with Crippen molar-refractivity contribution >= 4 is 46.9 Å². The third-order valence-corrected chi connectivity index (χ3v) is 7.88. The number of hydrogen-bond acceptors (Lipinski definition) is 6. The smallest absolute Gasteiger partial charge is 0.383 e. The molecule has 0 aromatic heterocycles. The first-order valence-corrected chi connectivity index (χ1v) is 12.5. The van der Waals surface area contributed by atoms with Crippen molar-refractivity contribution in [2.45, 2.75) is 47.7 Å².